The van der Waals surface area contributed by atoms with Gasteiger partial charge in [-0.15, -0.1) is 0 Å². The average Bonchev–Trinajstić information content (AvgIpc) is 3.11. The van der Waals surface area contributed by atoms with E-state index >= 15 is 0 Å². The van der Waals surface area contributed by atoms with Crippen molar-refractivity contribution in [2.24, 2.45) is 0 Å². The number of rotatable bonds is 4. The van der Waals surface area contributed by atoms with Crippen LogP contribution in [0.1, 0.15) is 39.2 Å². The summed E-state index contributed by atoms with van der Waals surface area (Å²) in [5, 5.41) is 6.76. The summed E-state index contributed by atoms with van der Waals surface area (Å²) >= 11 is 6.05. The van der Waals surface area contributed by atoms with Gasteiger partial charge >= 0.3 is 6.09 Å². The Hall–Kier alpha value is -1.26. The summed E-state index contributed by atoms with van der Waals surface area (Å²) in [6, 6.07) is 5.59. The van der Waals surface area contributed by atoms with E-state index < -0.39 is 11.7 Å². The third kappa shape index (κ3) is 4.61. The molecular formula is C16H23ClN2O2. The average molecular weight is 311 g/mol. The lowest BCUT2D eigenvalue weighted by molar-refractivity contribution is 0.0635. The van der Waals surface area contributed by atoms with Gasteiger partial charge in [0.25, 0.3) is 0 Å². The van der Waals surface area contributed by atoms with Gasteiger partial charge in [0.2, 0.25) is 0 Å². The molecule has 0 bridgehead atoms. The number of amides is 1. The standard InChI is InChI=1S/C16H23ClN2O2/c1-15(2,3)21-14(20)19-13-9-12(17)6-5-11(13)10-16(18-4)7-8-16/h5-6,9,18H,7-8,10H2,1-4H3,(H,19,20). The molecule has 0 radical (unpaired) electrons. The number of ether oxygens (including phenoxy) is 1. The maximum absolute atomic E-state index is 12.0. The van der Waals surface area contributed by atoms with Gasteiger partial charge in [0.05, 0.1) is 0 Å². The predicted octanol–water partition coefficient (Wildman–Crippen LogP) is 3.98. The van der Waals surface area contributed by atoms with Crippen molar-refractivity contribution in [3.8, 4) is 0 Å². The summed E-state index contributed by atoms with van der Waals surface area (Å²) < 4.78 is 5.30. The van der Waals surface area contributed by atoms with Crippen LogP contribution in [0.4, 0.5) is 10.5 Å². The summed E-state index contributed by atoms with van der Waals surface area (Å²) in [7, 11) is 1.98. The fourth-order valence-electron chi connectivity index (χ4n) is 2.26. The Kier molecular flexibility index (Phi) is 4.49. The molecule has 0 atom stereocenters. The van der Waals surface area contributed by atoms with Crippen LogP contribution in [-0.2, 0) is 11.2 Å². The first-order valence-electron chi connectivity index (χ1n) is 7.20. The van der Waals surface area contributed by atoms with Crippen LogP contribution in [0, 0.1) is 0 Å². The second-order valence-corrected chi connectivity index (χ2v) is 7.07. The molecular weight excluding hydrogens is 288 g/mol. The summed E-state index contributed by atoms with van der Waals surface area (Å²) in [5.41, 5.74) is 1.43. The molecule has 2 rings (SSSR count). The number of likely N-dealkylation sites (N-methyl/N-ethyl adjacent to an activating group) is 1. The van der Waals surface area contributed by atoms with Crippen molar-refractivity contribution in [1.82, 2.24) is 5.32 Å². The van der Waals surface area contributed by atoms with E-state index in [0.717, 1.165) is 30.5 Å². The monoisotopic (exact) mass is 310 g/mol. The minimum absolute atomic E-state index is 0.165. The molecule has 0 saturated heterocycles. The smallest absolute Gasteiger partial charge is 0.412 e. The molecule has 1 amide bonds. The Morgan fingerprint density at radius 2 is 2.05 bits per heavy atom. The fraction of sp³-hybridized carbons (Fsp3) is 0.562. The molecule has 1 aromatic rings. The van der Waals surface area contributed by atoms with Crippen LogP contribution in [-0.4, -0.2) is 24.3 Å². The van der Waals surface area contributed by atoms with E-state index in [1.54, 1.807) is 6.07 Å². The molecule has 0 aliphatic heterocycles. The summed E-state index contributed by atoms with van der Waals surface area (Å²) in [5.74, 6) is 0. The highest BCUT2D eigenvalue weighted by Gasteiger charge is 2.41. The molecule has 1 aliphatic rings. The molecule has 1 aliphatic carbocycles. The van der Waals surface area contributed by atoms with Crippen LogP contribution in [0.3, 0.4) is 0 Å². The fourth-order valence-corrected chi connectivity index (χ4v) is 2.44. The van der Waals surface area contributed by atoms with E-state index in [0.29, 0.717) is 5.02 Å². The Morgan fingerprint density at radius 3 is 2.57 bits per heavy atom. The first kappa shape index (κ1) is 16.1. The van der Waals surface area contributed by atoms with Crippen LogP contribution >= 0.6 is 11.6 Å². The normalized spacial score (nSPS) is 16.4. The van der Waals surface area contributed by atoms with Gasteiger partial charge in [0, 0.05) is 16.2 Å². The minimum atomic E-state index is -0.522. The lowest BCUT2D eigenvalue weighted by Gasteiger charge is -2.21. The molecule has 2 N–H and O–H groups in total. The maximum atomic E-state index is 12.0. The molecule has 0 heterocycles. The number of carbonyl (C=O) groups is 1. The highest BCUT2D eigenvalue weighted by Crippen LogP contribution is 2.40. The van der Waals surface area contributed by atoms with Crippen LogP contribution in [0.5, 0.6) is 0 Å². The van der Waals surface area contributed by atoms with Crippen LogP contribution < -0.4 is 10.6 Å². The number of halogens is 1. The lowest BCUT2D eigenvalue weighted by Crippen LogP contribution is -2.31. The van der Waals surface area contributed by atoms with Crippen molar-refractivity contribution in [2.75, 3.05) is 12.4 Å². The third-order valence-electron chi connectivity index (χ3n) is 3.62. The molecule has 0 spiro atoms. The van der Waals surface area contributed by atoms with Crippen molar-refractivity contribution < 1.29 is 9.53 Å². The summed E-state index contributed by atoms with van der Waals surface area (Å²) in [6.07, 6.45) is 2.71. The highest BCUT2D eigenvalue weighted by molar-refractivity contribution is 6.31. The highest BCUT2D eigenvalue weighted by atomic mass is 35.5. The number of benzene rings is 1. The number of nitrogens with one attached hydrogen (secondary N) is 2. The van der Waals surface area contributed by atoms with Crippen molar-refractivity contribution in [1.29, 1.82) is 0 Å². The Bertz CT molecular complexity index is 534. The SMILES string of the molecule is CNC1(Cc2ccc(Cl)cc2NC(=O)OC(C)(C)C)CC1. The number of hydrogen-bond donors (Lipinski definition) is 2. The molecule has 21 heavy (non-hydrogen) atoms. The van der Waals surface area contributed by atoms with E-state index in [-0.39, 0.29) is 5.54 Å². The molecule has 1 aromatic carbocycles. The zero-order valence-corrected chi connectivity index (χ0v) is 13.8. The molecule has 1 saturated carbocycles. The van der Waals surface area contributed by atoms with Gasteiger partial charge in [0.15, 0.2) is 0 Å². The molecule has 4 nitrogen and oxygen atoms in total. The van der Waals surface area contributed by atoms with Gasteiger partial charge in [0.1, 0.15) is 5.60 Å². The third-order valence-corrected chi connectivity index (χ3v) is 3.86. The lowest BCUT2D eigenvalue weighted by atomic mass is 10.0. The van der Waals surface area contributed by atoms with E-state index in [1.165, 1.54) is 0 Å². The molecule has 0 aromatic heterocycles. The van der Waals surface area contributed by atoms with Crippen molar-refractivity contribution in [3.05, 3.63) is 28.8 Å². The number of carbonyl (C=O) groups excluding carboxylic acids is 1. The van der Waals surface area contributed by atoms with Gasteiger partial charge in [-0.1, -0.05) is 17.7 Å². The van der Waals surface area contributed by atoms with Crippen LogP contribution in [0.15, 0.2) is 18.2 Å². The van der Waals surface area contributed by atoms with E-state index in [4.69, 9.17) is 16.3 Å². The van der Waals surface area contributed by atoms with Crippen molar-refractivity contribution in [3.63, 3.8) is 0 Å². The number of hydrogen-bond acceptors (Lipinski definition) is 3. The zero-order valence-electron chi connectivity index (χ0n) is 13.0. The van der Waals surface area contributed by atoms with E-state index in [1.807, 2.05) is 40.0 Å². The van der Waals surface area contributed by atoms with E-state index in [2.05, 4.69) is 10.6 Å². The largest absolute Gasteiger partial charge is 0.444 e. The number of anilines is 1. The van der Waals surface area contributed by atoms with Gasteiger partial charge in [-0.3, -0.25) is 5.32 Å². The second kappa shape index (κ2) is 5.85. The maximum Gasteiger partial charge on any atom is 0.412 e. The van der Waals surface area contributed by atoms with Gasteiger partial charge < -0.3 is 10.1 Å². The minimum Gasteiger partial charge on any atom is -0.444 e. The zero-order chi connectivity index (χ0) is 15.7. The summed E-state index contributed by atoms with van der Waals surface area (Å²) in [4.78, 5) is 12.0. The van der Waals surface area contributed by atoms with E-state index in [9.17, 15) is 4.79 Å². The van der Waals surface area contributed by atoms with Gasteiger partial charge in [-0.25, -0.2) is 4.79 Å². The summed E-state index contributed by atoms with van der Waals surface area (Å²) in [6.45, 7) is 5.52. The van der Waals surface area contributed by atoms with Crippen molar-refractivity contribution >= 4 is 23.4 Å². The quantitative estimate of drug-likeness (QED) is 0.884. The predicted molar refractivity (Wildman–Crippen MR) is 86.0 cm³/mol. The first-order chi connectivity index (χ1) is 9.73. The molecule has 116 valence electrons. The second-order valence-electron chi connectivity index (χ2n) is 6.64. The Morgan fingerprint density at radius 1 is 1.38 bits per heavy atom. The topological polar surface area (TPSA) is 50.4 Å². The molecule has 5 heteroatoms. The molecule has 1 fully saturated rings. The first-order valence-corrected chi connectivity index (χ1v) is 7.58. The van der Waals surface area contributed by atoms with Crippen LogP contribution in [0.25, 0.3) is 0 Å². The molecule has 0 unspecified atom stereocenters. The van der Waals surface area contributed by atoms with Crippen molar-refractivity contribution in [2.45, 2.75) is 51.2 Å². The van der Waals surface area contributed by atoms with Crippen LogP contribution in [0.2, 0.25) is 5.02 Å². The Balaban J connectivity index is 2.14. The van der Waals surface area contributed by atoms with Gasteiger partial charge in [-0.2, -0.15) is 0 Å². The Labute approximate surface area is 131 Å². The van der Waals surface area contributed by atoms with Gasteiger partial charge in [-0.05, 0) is 64.8 Å².